The molecule has 0 bridgehead atoms. The number of amides is 1. The van der Waals surface area contributed by atoms with Crippen molar-refractivity contribution in [1.82, 2.24) is 25.1 Å². The Kier molecular flexibility index (Phi) is 6.48. The first-order chi connectivity index (χ1) is 15.7. The van der Waals surface area contributed by atoms with Crippen LogP contribution in [0.4, 0.5) is 0 Å². The molecule has 7 heteroatoms. The van der Waals surface area contributed by atoms with Crippen LogP contribution in [0.15, 0.2) is 47.5 Å². The van der Waals surface area contributed by atoms with Crippen LogP contribution in [-0.4, -0.2) is 52.3 Å². The SMILES string of the molecule is CCSc1ccc(CNC(=O)c2ccc3c(c2)cc(CN2CCNCC2)n3C2CC2)nc1. The molecule has 1 aliphatic carbocycles. The third kappa shape index (κ3) is 4.85. The van der Waals surface area contributed by atoms with Crippen LogP contribution in [0, 0.1) is 0 Å². The average Bonchev–Trinajstić information content (AvgIpc) is 3.59. The topological polar surface area (TPSA) is 62.2 Å². The van der Waals surface area contributed by atoms with E-state index in [4.69, 9.17) is 0 Å². The Balaban J connectivity index is 1.30. The van der Waals surface area contributed by atoms with E-state index in [0.717, 1.165) is 54.5 Å². The number of rotatable bonds is 8. The fraction of sp³-hybridized carbons (Fsp3) is 0.440. The van der Waals surface area contributed by atoms with Crippen molar-refractivity contribution < 1.29 is 4.79 Å². The number of nitrogens with zero attached hydrogens (tertiary/aromatic N) is 3. The molecule has 32 heavy (non-hydrogen) atoms. The predicted molar refractivity (Wildman–Crippen MR) is 130 cm³/mol. The summed E-state index contributed by atoms with van der Waals surface area (Å²) < 4.78 is 2.51. The molecular formula is C25H31N5OS. The summed E-state index contributed by atoms with van der Waals surface area (Å²) in [5, 5.41) is 7.61. The summed E-state index contributed by atoms with van der Waals surface area (Å²) in [6.45, 7) is 7.84. The van der Waals surface area contributed by atoms with Crippen molar-refractivity contribution in [3.05, 3.63) is 59.5 Å². The Hall–Kier alpha value is -2.35. The molecule has 1 aliphatic heterocycles. The second-order valence-corrected chi connectivity index (χ2v) is 9.97. The fourth-order valence-electron chi connectivity index (χ4n) is 4.46. The number of thioether (sulfide) groups is 1. The molecule has 0 spiro atoms. The zero-order valence-corrected chi connectivity index (χ0v) is 19.5. The van der Waals surface area contributed by atoms with Gasteiger partial charge in [0.2, 0.25) is 0 Å². The number of aromatic nitrogens is 2. The van der Waals surface area contributed by atoms with Crippen LogP contribution in [0.25, 0.3) is 10.9 Å². The van der Waals surface area contributed by atoms with Crippen molar-refractivity contribution in [3.8, 4) is 0 Å². The van der Waals surface area contributed by atoms with Crippen molar-refractivity contribution in [2.24, 2.45) is 0 Å². The van der Waals surface area contributed by atoms with Gasteiger partial charge in [0.1, 0.15) is 0 Å². The van der Waals surface area contributed by atoms with E-state index in [1.165, 1.54) is 24.1 Å². The lowest BCUT2D eigenvalue weighted by atomic mass is 10.1. The summed E-state index contributed by atoms with van der Waals surface area (Å²) in [6, 6.07) is 13.1. The highest BCUT2D eigenvalue weighted by Gasteiger charge is 2.28. The van der Waals surface area contributed by atoms with Gasteiger partial charge in [-0.1, -0.05) is 6.92 Å². The minimum atomic E-state index is -0.0523. The molecule has 168 valence electrons. The van der Waals surface area contributed by atoms with E-state index in [9.17, 15) is 4.79 Å². The first kappa shape index (κ1) is 21.5. The number of benzene rings is 1. The molecule has 1 saturated carbocycles. The molecular weight excluding hydrogens is 418 g/mol. The predicted octanol–water partition coefficient (Wildman–Crippen LogP) is 3.82. The average molecular weight is 450 g/mol. The molecule has 3 heterocycles. The summed E-state index contributed by atoms with van der Waals surface area (Å²) in [5.41, 5.74) is 4.20. The standard InChI is InChI=1S/C25H31N5OS/c1-2-32-23-7-4-20(27-16-23)15-28-25(31)18-3-8-24-19(13-18)14-22(30(24)21-5-6-21)17-29-11-9-26-10-12-29/h3-4,7-8,13-14,16,21,26H,2,5-6,9-12,15,17H2,1H3,(H,28,31). The van der Waals surface area contributed by atoms with Crippen molar-refractivity contribution in [2.45, 2.75) is 43.8 Å². The van der Waals surface area contributed by atoms with Gasteiger partial charge in [0, 0.05) is 72.0 Å². The Bertz CT molecular complexity index is 1080. The van der Waals surface area contributed by atoms with E-state index in [-0.39, 0.29) is 5.91 Å². The van der Waals surface area contributed by atoms with Gasteiger partial charge in [-0.25, -0.2) is 0 Å². The zero-order valence-electron chi connectivity index (χ0n) is 18.6. The van der Waals surface area contributed by atoms with Crippen LogP contribution >= 0.6 is 11.8 Å². The second-order valence-electron chi connectivity index (χ2n) is 8.64. The van der Waals surface area contributed by atoms with Crippen LogP contribution in [-0.2, 0) is 13.1 Å². The van der Waals surface area contributed by atoms with Gasteiger partial charge >= 0.3 is 0 Å². The number of fused-ring (bicyclic) bond motifs is 1. The fourth-order valence-corrected chi connectivity index (χ4v) is 5.08. The number of pyridine rings is 1. The van der Waals surface area contributed by atoms with E-state index in [1.54, 1.807) is 11.8 Å². The highest BCUT2D eigenvalue weighted by Crippen LogP contribution is 2.40. The van der Waals surface area contributed by atoms with Gasteiger partial charge in [-0.2, -0.15) is 0 Å². The lowest BCUT2D eigenvalue weighted by Crippen LogP contribution is -2.43. The van der Waals surface area contributed by atoms with Crippen molar-refractivity contribution in [1.29, 1.82) is 0 Å². The maximum Gasteiger partial charge on any atom is 0.251 e. The number of carbonyl (C=O) groups excluding carboxylic acids is 1. The lowest BCUT2D eigenvalue weighted by molar-refractivity contribution is 0.0950. The molecule has 2 aromatic heterocycles. The van der Waals surface area contributed by atoms with Gasteiger partial charge in [0.05, 0.1) is 12.2 Å². The highest BCUT2D eigenvalue weighted by molar-refractivity contribution is 7.99. The maximum atomic E-state index is 12.8. The molecule has 1 amide bonds. The van der Waals surface area contributed by atoms with Crippen LogP contribution < -0.4 is 10.6 Å². The largest absolute Gasteiger partial charge is 0.346 e. The van der Waals surface area contributed by atoms with Crippen molar-refractivity contribution >= 4 is 28.6 Å². The molecule has 3 aromatic rings. The van der Waals surface area contributed by atoms with E-state index in [0.29, 0.717) is 18.2 Å². The van der Waals surface area contributed by atoms with E-state index >= 15 is 0 Å². The Morgan fingerprint density at radius 3 is 2.75 bits per heavy atom. The van der Waals surface area contributed by atoms with Crippen LogP contribution in [0.2, 0.25) is 0 Å². The normalized spacial score (nSPS) is 17.0. The Morgan fingerprint density at radius 1 is 1.19 bits per heavy atom. The maximum absolute atomic E-state index is 12.8. The Labute approximate surface area is 193 Å². The monoisotopic (exact) mass is 449 g/mol. The van der Waals surface area contributed by atoms with Gasteiger partial charge < -0.3 is 15.2 Å². The molecule has 2 fully saturated rings. The molecule has 0 atom stereocenters. The summed E-state index contributed by atoms with van der Waals surface area (Å²) in [4.78, 5) is 21.0. The van der Waals surface area contributed by atoms with Gasteiger partial charge in [-0.15, -0.1) is 11.8 Å². The Morgan fingerprint density at radius 2 is 2.03 bits per heavy atom. The smallest absolute Gasteiger partial charge is 0.251 e. The molecule has 2 N–H and O–H groups in total. The third-order valence-electron chi connectivity index (χ3n) is 6.23. The molecule has 1 aromatic carbocycles. The summed E-state index contributed by atoms with van der Waals surface area (Å²) in [7, 11) is 0. The molecule has 1 saturated heterocycles. The number of piperazine rings is 1. The van der Waals surface area contributed by atoms with E-state index in [1.807, 2.05) is 24.4 Å². The zero-order chi connectivity index (χ0) is 21.9. The molecule has 0 unspecified atom stereocenters. The number of nitrogens with one attached hydrogen (secondary N) is 2. The molecule has 0 radical (unpaired) electrons. The quantitative estimate of drug-likeness (QED) is 0.512. The van der Waals surface area contributed by atoms with Gasteiger partial charge in [-0.3, -0.25) is 14.7 Å². The molecule has 2 aliphatic rings. The minimum Gasteiger partial charge on any atom is -0.346 e. The third-order valence-corrected chi connectivity index (χ3v) is 7.09. The van der Waals surface area contributed by atoms with Gasteiger partial charge in [0.15, 0.2) is 0 Å². The minimum absolute atomic E-state index is 0.0523. The van der Waals surface area contributed by atoms with Gasteiger partial charge in [-0.05, 0) is 55.0 Å². The lowest BCUT2D eigenvalue weighted by Gasteiger charge is -2.27. The van der Waals surface area contributed by atoms with Crippen LogP contribution in [0.1, 0.15) is 47.6 Å². The number of hydrogen-bond donors (Lipinski definition) is 2. The first-order valence-corrected chi connectivity index (χ1v) is 12.6. The van der Waals surface area contributed by atoms with Crippen molar-refractivity contribution in [2.75, 3.05) is 31.9 Å². The first-order valence-electron chi connectivity index (χ1n) is 11.6. The van der Waals surface area contributed by atoms with Crippen LogP contribution in [0.3, 0.4) is 0 Å². The molecule has 6 nitrogen and oxygen atoms in total. The van der Waals surface area contributed by atoms with Crippen LogP contribution in [0.5, 0.6) is 0 Å². The summed E-state index contributed by atoms with van der Waals surface area (Å²) in [6.07, 6.45) is 4.38. The van der Waals surface area contributed by atoms with Crippen molar-refractivity contribution in [3.63, 3.8) is 0 Å². The van der Waals surface area contributed by atoms with E-state index < -0.39 is 0 Å². The number of carbonyl (C=O) groups is 1. The second kappa shape index (κ2) is 9.65. The van der Waals surface area contributed by atoms with Gasteiger partial charge in [0.25, 0.3) is 5.91 Å². The highest BCUT2D eigenvalue weighted by atomic mass is 32.2. The number of hydrogen-bond acceptors (Lipinski definition) is 5. The van der Waals surface area contributed by atoms with E-state index in [2.05, 4.69) is 50.2 Å². The summed E-state index contributed by atoms with van der Waals surface area (Å²) >= 11 is 1.77. The summed E-state index contributed by atoms with van der Waals surface area (Å²) in [5.74, 6) is 0.975. The molecule has 5 rings (SSSR count).